The number of pyridine rings is 1. The van der Waals surface area contributed by atoms with Crippen LogP contribution in [0.1, 0.15) is 18.2 Å². The van der Waals surface area contributed by atoms with Gasteiger partial charge < -0.3 is 4.74 Å². The van der Waals surface area contributed by atoms with Crippen LogP contribution in [0.3, 0.4) is 0 Å². The normalized spacial score (nSPS) is 11.1. The van der Waals surface area contributed by atoms with E-state index in [0.717, 1.165) is 22.2 Å². The second kappa shape index (κ2) is 5.85. The van der Waals surface area contributed by atoms with E-state index in [2.05, 4.69) is 4.98 Å². The second-order valence-electron chi connectivity index (χ2n) is 4.07. The molecule has 0 spiro atoms. The highest BCUT2D eigenvalue weighted by Gasteiger charge is 2.05. The smallest absolute Gasteiger partial charge is 0.330 e. The highest BCUT2D eigenvalue weighted by atomic mass is 35.5. The van der Waals surface area contributed by atoms with E-state index < -0.39 is 0 Å². The van der Waals surface area contributed by atoms with Crippen molar-refractivity contribution in [3.8, 4) is 0 Å². The van der Waals surface area contributed by atoms with E-state index in [4.69, 9.17) is 16.3 Å². The molecule has 0 atom stereocenters. The van der Waals surface area contributed by atoms with Gasteiger partial charge in [0, 0.05) is 22.7 Å². The molecule has 1 aromatic carbocycles. The van der Waals surface area contributed by atoms with E-state index in [1.807, 2.05) is 31.2 Å². The topological polar surface area (TPSA) is 39.2 Å². The van der Waals surface area contributed by atoms with E-state index in [1.165, 1.54) is 6.08 Å². The van der Waals surface area contributed by atoms with E-state index in [1.54, 1.807) is 13.0 Å². The Labute approximate surface area is 116 Å². The highest BCUT2D eigenvalue weighted by molar-refractivity contribution is 6.35. The van der Waals surface area contributed by atoms with E-state index in [9.17, 15) is 4.79 Å². The van der Waals surface area contributed by atoms with Crippen LogP contribution in [0, 0.1) is 6.92 Å². The summed E-state index contributed by atoms with van der Waals surface area (Å²) in [5.74, 6) is -0.363. The predicted molar refractivity (Wildman–Crippen MR) is 77.2 cm³/mol. The molecule has 0 aliphatic heterocycles. The van der Waals surface area contributed by atoms with Gasteiger partial charge in [0.15, 0.2) is 0 Å². The van der Waals surface area contributed by atoms with Crippen LogP contribution in [0.5, 0.6) is 0 Å². The third-order valence-electron chi connectivity index (χ3n) is 2.63. The third kappa shape index (κ3) is 3.12. The van der Waals surface area contributed by atoms with Crippen LogP contribution in [0.4, 0.5) is 0 Å². The van der Waals surface area contributed by atoms with Crippen molar-refractivity contribution in [2.24, 2.45) is 0 Å². The maximum Gasteiger partial charge on any atom is 0.330 e. The fourth-order valence-electron chi connectivity index (χ4n) is 1.83. The summed E-state index contributed by atoms with van der Waals surface area (Å²) < 4.78 is 4.85. The molecule has 4 heteroatoms. The molecule has 1 heterocycles. The number of aryl methyl sites for hydroxylation is 1. The Bertz CT molecular complexity index is 650. The fraction of sp³-hybridized carbons (Fsp3) is 0.200. The number of rotatable bonds is 3. The zero-order valence-corrected chi connectivity index (χ0v) is 11.6. The van der Waals surface area contributed by atoms with Gasteiger partial charge in [-0.25, -0.2) is 4.79 Å². The van der Waals surface area contributed by atoms with Crippen LogP contribution < -0.4 is 0 Å². The van der Waals surface area contributed by atoms with Crippen molar-refractivity contribution in [2.45, 2.75) is 13.8 Å². The molecule has 0 fully saturated rings. The van der Waals surface area contributed by atoms with Crippen molar-refractivity contribution in [1.29, 1.82) is 0 Å². The van der Waals surface area contributed by atoms with E-state index >= 15 is 0 Å². The van der Waals surface area contributed by atoms with E-state index in [-0.39, 0.29) is 5.97 Å². The summed E-state index contributed by atoms with van der Waals surface area (Å²) in [7, 11) is 0. The lowest BCUT2D eigenvalue weighted by atomic mass is 10.1. The van der Waals surface area contributed by atoms with Crippen molar-refractivity contribution in [3.63, 3.8) is 0 Å². The Morgan fingerprint density at radius 2 is 2.26 bits per heavy atom. The lowest BCUT2D eigenvalue weighted by Crippen LogP contribution is -1.98. The van der Waals surface area contributed by atoms with Gasteiger partial charge in [-0.1, -0.05) is 29.8 Å². The van der Waals surface area contributed by atoms with Crippen molar-refractivity contribution in [2.75, 3.05) is 6.61 Å². The Hall–Kier alpha value is -1.87. The molecule has 3 nitrogen and oxygen atoms in total. The zero-order chi connectivity index (χ0) is 13.8. The van der Waals surface area contributed by atoms with Crippen molar-refractivity contribution in [1.82, 2.24) is 4.98 Å². The van der Waals surface area contributed by atoms with Gasteiger partial charge in [0.1, 0.15) is 0 Å². The maximum atomic E-state index is 11.3. The van der Waals surface area contributed by atoms with Crippen LogP contribution in [0.15, 0.2) is 30.3 Å². The van der Waals surface area contributed by atoms with Crippen LogP contribution in [0.25, 0.3) is 17.0 Å². The number of carbonyl (C=O) groups is 1. The molecule has 0 amide bonds. The molecule has 0 aliphatic rings. The maximum absolute atomic E-state index is 11.3. The molecule has 0 bridgehead atoms. The summed E-state index contributed by atoms with van der Waals surface area (Å²) in [6, 6.07) is 7.51. The number of ether oxygens (including phenoxy) is 1. The minimum atomic E-state index is -0.363. The Morgan fingerprint density at radius 3 is 3.00 bits per heavy atom. The van der Waals surface area contributed by atoms with Crippen molar-refractivity contribution < 1.29 is 9.53 Å². The Morgan fingerprint density at radius 1 is 1.47 bits per heavy atom. The first-order valence-electron chi connectivity index (χ1n) is 6.02. The number of fused-ring (bicyclic) bond motifs is 1. The molecule has 1 aromatic heterocycles. The monoisotopic (exact) mass is 275 g/mol. The van der Waals surface area contributed by atoms with Crippen molar-refractivity contribution in [3.05, 3.63) is 46.6 Å². The number of esters is 1. The summed E-state index contributed by atoms with van der Waals surface area (Å²) in [6.07, 6.45) is 3.10. The average molecular weight is 276 g/mol. The quantitative estimate of drug-likeness (QED) is 0.632. The number of benzene rings is 1. The van der Waals surface area contributed by atoms with Crippen LogP contribution >= 0.6 is 11.6 Å². The SMILES string of the molecule is CCOC(=O)/C=C/c1cccc2c(Cl)cc(C)nc12. The van der Waals surface area contributed by atoms with Gasteiger partial charge >= 0.3 is 5.97 Å². The molecule has 98 valence electrons. The molecular weight excluding hydrogens is 262 g/mol. The molecule has 2 rings (SSSR count). The number of aromatic nitrogens is 1. The Balaban J connectivity index is 2.46. The largest absolute Gasteiger partial charge is 0.463 e. The van der Waals surface area contributed by atoms with Crippen LogP contribution in [0.2, 0.25) is 5.02 Å². The molecule has 0 aliphatic carbocycles. The summed E-state index contributed by atoms with van der Waals surface area (Å²) >= 11 is 6.19. The molecule has 0 unspecified atom stereocenters. The van der Waals surface area contributed by atoms with Gasteiger partial charge in [-0.2, -0.15) is 0 Å². The minimum Gasteiger partial charge on any atom is -0.463 e. The Kier molecular flexibility index (Phi) is 4.17. The van der Waals surface area contributed by atoms with Gasteiger partial charge in [-0.15, -0.1) is 0 Å². The molecule has 0 saturated heterocycles. The van der Waals surface area contributed by atoms with Crippen LogP contribution in [-0.2, 0) is 9.53 Å². The standard InChI is InChI=1S/C15H14ClNO2/c1-3-19-14(18)8-7-11-5-4-6-12-13(16)9-10(2)17-15(11)12/h4-9H,3H2,1-2H3/b8-7+. The van der Waals surface area contributed by atoms with Gasteiger partial charge in [0.25, 0.3) is 0 Å². The average Bonchev–Trinajstić information content (AvgIpc) is 2.36. The first-order valence-corrected chi connectivity index (χ1v) is 6.40. The lowest BCUT2D eigenvalue weighted by molar-refractivity contribution is -0.137. The van der Waals surface area contributed by atoms with Gasteiger partial charge in [0.05, 0.1) is 17.1 Å². The number of para-hydroxylation sites is 1. The number of halogens is 1. The first-order chi connectivity index (χ1) is 9.11. The van der Waals surface area contributed by atoms with Gasteiger partial charge in [0.2, 0.25) is 0 Å². The zero-order valence-electron chi connectivity index (χ0n) is 10.8. The molecule has 0 saturated carbocycles. The molecule has 0 N–H and O–H groups in total. The fourth-order valence-corrected chi connectivity index (χ4v) is 2.14. The summed E-state index contributed by atoms with van der Waals surface area (Å²) in [4.78, 5) is 15.8. The predicted octanol–water partition coefficient (Wildman–Crippen LogP) is 3.77. The molecular formula is C15H14ClNO2. The third-order valence-corrected chi connectivity index (χ3v) is 2.95. The molecule has 0 radical (unpaired) electrons. The second-order valence-corrected chi connectivity index (χ2v) is 4.48. The van der Waals surface area contributed by atoms with Gasteiger partial charge in [-0.05, 0) is 26.0 Å². The van der Waals surface area contributed by atoms with Gasteiger partial charge in [-0.3, -0.25) is 4.98 Å². The summed E-state index contributed by atoms with van der Waals surface area (Å²) in [6.45, 7) is 4.02. The lowest BCUT2D eigenvalue weighted by Gasteiger charge is -2.05. The number of nitrogens with zero attached hydrogens (tertiary/aromatic N) is 1. The van der Waals surface area contributed by atoms with E-state index in [0.29, 0.717) is 11.6 Å². The number of carbonyl (C=O) groups excluding carboxylic acids is 1. The number of hydrogen-bond donors (Lipinski definition) is 0. The van der Waals surface area contributed by atoms with Crippen molar-refractivity contribution >= 4 is 34.5 Å². The number of hydrogen-bond acceptors (Lipinski definition) is 3. The molecule has 2 aromatic rings. The first kappa shape index (κ1) is 13.6. The highest BCUT2D eigenvalue weighted by Crippen LogP contribution is 2.26. The summed E-state index contributed by atoms with van der Waals surface area (Å²) in [5.41, 5.74) is 2.47. The van der Waals surface area contributed by atoms with Crippen LogP contribution in [-0.4, -0.2) is 17.6 Å². The molecule has 19 heavy (non-hydrogen) atoms. The summed E-state index contributed by atoms with van der Waals surface area (Å²) in [5, 5.41) is 1.53. The minimum absolute atomic E-state index is 0.363.